The predicted molar refractivity (Wildman–Crippen MR) is 82.3 cm³/mol. The summed E-state index contributed by atoms with van der Waals surface area (Å²) in [6.07, 6.45) is 0. The fourth-order valence-corrected chi connectivity index (χ4v) is 1.83. The average molecular weight is 285 g/mol. The van der Waals surface area contributed by atoms with Crippen LogP contribution < -0.4 is 5.73 Å². The second-order valence-corrected chi connectivity index (χ2v) is 5.05. The highest BCUT2D eigenvalue weighted by Crippen LogP contribution is 2.12. The largest absolute Gasteiger partial charge is 0.337 e. The van der Waals surface area contributed by atoms with E-state index in [2.05, 4.69) is 19.1 Å². The number of amides is 1. The molecule has 108 valence electrons. The summed E-state index contributed by atoms with van der Waals surface area (Å²) in [7, 11) is 0. The molecule has 0 aliphatic heterocycles. The number of hydrogen-bond donors (Lipinski definition) is 1. The predicted octanol–water partition coefficient (Wildman–Crippen LogP) is 2.75. The van der Waals surface area contributed by atoms with Crippen molar-refractivity contribution in [2.45, 2.75) is 40.3 Å². The lowest BCUT2D eigenvalue weighted by Gasteiger charge is -2.26. The van der Waals surface area contributed by atoms with Gasteiger partial charge in [0.25, 0.3) is 0 Å². The Morgan fingerprint density at radius 2 is 1.89 bits per heavy atom. The summed E-state index contributed by atoms with van der Waals surface area (Å²) in [4.78, 5) is 14.1. The van der Waals surface area contributed by atoms with E-state index in [0.29, 0.717) is 13.1 Å². The van der Waals surface area contributed by atoms with Gasteiger partial charge >= 0.3 is 0 Å². The van der Waals surface area contributed by atoms with Crippen molar-refractivity contribution in [3.05, 3.63) is 35.4 Å². The molecule has 3 nitrogen and oxygen atoms in total. The molecule has 0 saturated carbocycles. The van der Waals surface area contributed by atoms with Crippen LogP contribution in [-0.2, 0) is 11.3 Å². The number of benzene rings is 1. The Morgan fingerprint density at radius 3 is 2.37 bits per heavy atom. The molecule has 1 aromatic rings. The number of nitrogens with zero attached hydrogens (tertiary/aromatic N) is 1. The van der Waals surface area contributed by atoms with Crippen LogP contribution in [-0.4, -0.2) is 23.4 Å². The molecule has 0 saturated heterocycles. The first-order valence-corrected chi connectivity index (χ1v) is 6.56. The van der Waals surface area contributed by atoms with Gasteiger partial charge < -0.3 is 10.6 Å². The molecular formula is C15H25ClN2O. The molecule has 1 amide bonds. The highest BCUT2D eigenvalue weighted by molar-refractivity contribution is 5.85. The van der Waals surface area contributed by atoms with Crippen molar-refractivity contribution in [2.75, 3.05) is 6.54 Å². The molecule has 0 heterocycles. The smallest absolute Gasteiger partial charge is 0.240 e. The molecule has 1 atom stereocenters. The van der Waals surface area contributed by atoms with Crippen molar-refractivity contribution in [3.8, 4) is 0 Å². The van der Waals surface area contributed by atoms with Gasteiger partial charge in [-0.3, -0.25) is 4.79 Å². The monoisotopic (exact) mass is 284 g/mol. The molecule has 0 aliphatic rings. The van der Waals surface area contributed by atoms with Crippen LogP contribution in [0.2, 0.25) is 0 Å². The normalized spacial score (nSPS) is 11.9. The summed E-state index contributed by atoms with van der Waals surface area (Å²) in [5, 5.41) is 0. The van der Waals surface area contributed by atoms with Gasteiger partial charge in [0.2, 0.25) is 5.91 Å². The van der Waals surface area contributed by atoms with Crippen molar-refractivity contribution in [2.24, 2.45) is 11.7 Å². The second kappa shape index (κ2) is 8.18. The first-order chi connectivity index (χ1) is 8.47. The van der Waals surface area contributed by atoms with Crippen molar-refractivity contribution in [1.29, 1.82) is 0 Å². The molecule has 1 rings (SSSR count). The Morgan fingerprint density at radius 1 is 1.32 bits per heavy atom. The van der Waals surface area contributed by atoms with Gasteiger partial charge in [-0.1, -0.05) is 38.1 Å². The minimum absolute atomic E-state index is 0. The highest BCUT2D eigenvalue weighted by atomic mass is 35.5. The number of likely N-dealkylation sites (N-methyl/N-ethyl adjacent to an activating group) is 1. The van der Waals surface area contributed by atoms with Crippen LogP contribution >= 0.6 is 12.4 Å². The lowest BCUT2D eigenvalue weighted by atomic mass is 10.0. The zero-order valence-electron chi connectivity index (χ0n) is 12.2. The number of rotatable bonds is 5. The third-order valence-corrected chi connectivity index (χ3v) is 3.32. The molecule has 0 aliphatic carbocycles. The Hall–Kier alpha value is -1.06. The molecule has 4 heteroatoms. The lowest BCUT2D eigenvalue weighted by molar-refractivity contribution is -0.134. The van der Waals surface area contributed by atoms with Crippen LogP contribution in [0.1, 0.15) is 31.9 Å². The Balaban J connectivity index is 0.00000324. The van der Waals surface area contributed by atoms with Crippen LogP contribution in [0, 0.1) is 12.8 Å². The van der Waals surface area contributed by atoms with E-state index in [0.717, 1.165) is 0 Å². The SMILES string of the molecule is CCN(Cc1ccccc1C)C(=O)[C@H](N)C(C)C.Cl. The zero-order chi connectivity index (χ0) is 13.7. The van der Waals surface area contributed by atoms with Gasteiger partial charge in [-0.2, -0.15) is 0 Å². The van der Waals surface area contributed by atoms with Crippen LogP contribution in [0.3, 0.4) is 0 Å². The third-order valence-electron chi connectivity index (χ3n) is 3.32. The van der Waals surface area contributed by atoms with E-state index >= 15 is 0 Å². The van der Waals surface area contributed by atoms with Crippen LogP contribution in [0.15, 0.2) is 24.3 Å². The minimum atomic E-state index is -0.408. The van der Waals surface area contributed by atoms with E-state index in [1.807, 2.05) is 37.8 Å². The molecule has 2 N–H and O–H groups in total. The van der Waals surface area contributed by atoms with Gasteiger partial charge in [-0.25, -0.2) is 0 Å². The molecule has 0 unspecified atom stereocenters. The average Bonchev–Trinajstić information content (AvgIpc) is 2.36. The summed E-state index contributed by atoms with van der Waals surface area (Å²) in [5.74, 6) is 0.208. The number of aryl methyl sites for hydroxylation is 1. The highest BCUT2D eigenvalue weighted by Gasteiger charge is 2.22. The lowest BCUT2D eigenvalue weighted by Crippen LogP contribution is -2.46. The molecular weight excluding hydrogens is 260 g/mol. The maximum atomic E-state index is 12.2. The van der Waals surface area contributed by atoms with Crippen molar-refractivity contribution in [3.63, 3.8) is 0 Å². The van der Waals surface area contributed by atoms with E-state index in [1.54, 1.807) is 0 Å². The second-order valence-electron chi connectivity index (χ2n) is 5.05. The fraction of sp³-hybridized carbons (Fsp3) is 0.533. The molecule has 0 radical (unpaired) electrons. The number of carbonyl (C=O) groups excluding carboxylic acids is 1. The van der Waals surface area contributed by atoms with Gasteiger partial charge in [-0.15, -0.1) is 12.4 Å². The molecule has 19 heavy (non-hydrogen) atoms. The van der Waals surface area contributed by atoms with Gasteiger partial charge in [0.1, 0.15) is 0 Å². The zero-order valence-corrected chi connectivity index (χ0v) is 13.0. The van der Waals surface area contributed by atoms with Gasteiger partial charge in [0.15, 0.2) is 0 Å². The summed E-state index contributed by atoms with van der Waals surface area (Å²) >= 11 is 0. The summed E-state index contributed by atoms with van der Waals surface area (Å²) in [6.45, 7) is 9.34. The Labute approximate surface area is 122 Å². The van der Waals surface area contributed by atoms with E-state index in [9.17, 15) is 4.79 Å². The molecule has 0 spiro atoms. The van der Waals surface area contributed by atoms with Gasteiger partial charge in [0, 0.05) is 13.1 Å². The van der Waals surface area contributed by atoms with Crippen molar-refractivity contribution in [1.82, 2.24) is 4.90 Å². The maximum Gasteiger partial charge on any atom is 0.240 e. The minimum Gasteiger partial charge on any atom is -0.337 e. The van der Waals surface area contributed by atoms with Crippen LogP contribution in [0.5, 0.6) is 0 Å². The summed E-state index contributed by atoms with van der Waals surface area (Å²) in [5.41, 5.74) is 8.33. The third kappa shape index (κ3) is 4.84. The fourth-order valence-electron chi connectivity index (χ4n) is 1.83. The van der Waals surface area contributed by atoms with E-state index in [4.69, 9.17) is 5.73 Å². The molecule has 0 bridgehead atoms. The summed E-state index contributed by atoms with van der Waals surface area (Å²) in [6, 6.07) is 7.73. The maximum absolute atomic E-state index is 12.2. The van der Waals surface area contributed by atoms with E-state index < -0.39 is 6.04 Å². The Bertz CT molecular complexity index is 407. The number of halogens is 1. The van der Waals surface area contributed by atoms with Crippen molar-refractivity contribution < 1.29 is 4.79 Å². The van der Waals surface area contributed by atoms with Crippen LogP contribution in [0.25, 0.3) is 0 Å². The Kier molecular flexibility index (Phi) is 7.72. The van der Waals surface area contributed by atoms with Crippen molar-refractivity contribution >= 4 is 18.3 Å². The quantitative estimate of drug-likeness (QED) is 0.904. The summed E-state index contributed by atoms with van der Waals surface area (Å²) < 4.78 is 0. The standard InChI is InChI=1S/C15H24N2O.ClH/c1-5-17(15(18)14(16)11(2)3)10-13-9-7-6-8-12(13)4;/h6-9,11,14H,5,10,16H2,1-4H3;1H/t14-;/m1./s1. The number of nitrogens with two attached hydrogens (primary N) is 1. The first-order valence-electron chi connectivity index (χ1n) is 6.56. The first kappa shape index (κ1) is 17.9. The number of carbonyl (C=O) groups is 1. The van der Waals surface area contributed by atoms with E-state index in [1.165, 1.54) is 11.1 Å². The molecule has 0 aromatic heterocycles. The topological polar surface area (TPSA) is 46.3 Å². The number of hydrogen-bond acceptors (Lipinski definition) is 2. The van der Waals surface area contributed by atoms with E-state index in [-0.39, 0.29) is 24.2 Å². The molecule has 0 fully saturated rings. The van der Waals surface area contributed by atoms with Gasteiger partial charge in [-0.05, 0) is 30.9 Å². The molecule has 1 aromatic carbocycles. The van der Waals surface area contributed by atoms with Crippen LogP contribution in [0.4, 0.5) is 0 Å². The van der Waals surface area contributed by atoms with Gasteiger partial charge in [0.05, 0.1) is 6.04 Å².